The zero-order valence-electron chi connectivity index (χ0n) is 9.68. The molecular formula is C11H23IOSi. The predicted molar refractivity (Wildman–Crippen MR) is 74.0 cm³/mol. The maximum absolute atomic E-state index is 6.20. The summed E-state index contributed by atoms with van der Waals surface area (Å²) in [5.41, 5.74) is 0.634. The first-order valence-electron chi connectivity index (χ1n) is 5.77. The molecule has 1 heterocycles. The zero-order valence-corrected chi connectivity index (χ0v) is 12.8. The fourth-order valence-corrected chi connectivity index (χ4v) is 6.16. The number of hydrogen-bond donors (Lipinski definition) is 0. The van der Waals surface area contributed by atoms with Crippen molar-refractivity contribution in [3.05, 3.63) is 0 Å². The van der Waals surface area contributed by atoms with E-state index in [0.29, 0.717) is 11.8 Å². The highest BCUT2D eigenvalue weighted by molar-refractivity contribution is 14.1. The summed E-state index contributed by atoms with van der Waals surface area (Å²) in [6, 6.07) is 1.47. The van der Waals surface area contributed by atoms with Gasteiger partial charge in [-0.2, -0.15) is 0 Å². The quantitative estimate of drug-likeness (QED) is 0.431. The Morgan fingerprint density at radius 1 is 1.43 bits per heavy atom. The average molecular weight is 326 g/mol. The van der Waals surface area contributed by atoms with E-state index in [4.69, 9.17) is 4.74 Å². The average Bonchev–Trinajstić information content (AvgIpc) is 2.09. The zero-order chi connectivity index (χ0) is 10.6. The molecule has 0 spiro atoms. The van der Waals surface area contributed by atoms with Crippen LogP contribution in [-0.4, -0.2) is 24.3 Å². The molecule has 0 amide bonds. The van der Waals surface area contributed by atoms with Gasteiger partial charge in [0.25, 0.3) is 0 Å². The van der Waals surface area contributed by atoms with Crippen molar-refractivity contribution in [1.82, 2.24) is 0 Å². The lowest BCUT2D eigenvalue weighted by Crippen LogP contribution is -2.47. The summed E-state index contributed by atoms with van der Waals surface area (Å²) in [6.07, 6.45) is 5.84. The van der Waals surface area contributed by atoms with Crippen LogP contribution in [0.15, 0.2) is 0 Å². The maximum Gasteiger partial charge on any atom is 0.0815 e. The molecule has 1 unspecified atom stereocenters. The fourth-order valence-electron chi connectivity index (χ4n) is 2.22. The second-order valence-corrected chi connectivity index (χ2v) is 11.3. The Labute approximate surface area is 103 Å². The lowest BCUT2D eigenvalue weighted by atomic mass is 10.2. The molecule has 1 aliphatic rings. The number of ether oxygens (including phenoxy) is 1. The van der Waals surface area contributed by atoms with Crippen molar-refractivity contribution in [2.45, 2.75) is 63.6 Å². The van der Waals surface area contributed by atoms with Gasteiger partial charge in [-0.25, -0.2) is 0 Å². The molecule has 1 saturated heterocycles. The summed E-state index contributed by atoms with van der Waals surface area (Å²) in [6.45, 7) is 7.22. The van der Waals surface area contributed by atoms with E-state index in [0.717, 1.165) is 0 Å². The van der Waals surface area contributed by atoms with Gasteiger partial charge in [0.05, 0.1) is 14.2 Å². The lowest BCUT2D eigenvalue weighted by molar-refractivity contribution is 0.0271. The highest BCUT2D eigenvalue weighted by Gasteiger charge is 2.35. The third-order valence-corrected chi connectivity index (χ3v) is 7.75. The Balaban J connectivity index is 2.41. The second kappa shape index (κ2) is 5.85. The predicted octanol–water partition coefficient (Wildman–Crippen LogP) is 4.02. The fraction of sp³-hybridized carbons (Fsp3) is 1.00. The van der Waals surface area contributed by atoms with Gasteiger partial charge in [-0.05, 0) is 19.8 Å². The van der Waals surface area contributed by atoms with E-state index in [2.05, 4.69) is 42.6 Å². The van der Waals surface area contributed by atoms with Crippen LogP contribution in [0, 0.1) is 0 Å². The van der Waals surface area contributed by atoms with Crippen LogP contribution in [0.2, 0.25) is 19.1 Å². The molecule has 0 aromatic carbocycles. The molecule has 0 saturated carbocycles. The first-order valence-corrected chi connectivity index (χ1v) is 10.6. The van der Waals surface area contributed by atoms with E-state index in [1.165, 1.54) is 36.2 Å². The van der Waals surface area contributed by atoms with Crippen LogP contribution in [0.4, 0.5) is 0 Å². The minimum atomic E-state index is -1.04. The largest absolute Gasteiger partial charge is 0.379 e. The molecule has 1 rings (SSSR count). The van der Waals surface area contributed by atoms with Gasteiger partial charge in [-0.3, -0.25) is 0 Å². The Morgan fingerprint density at radius 3 is 2.71 bits per heavy atom. The number of rotatable bonds is 4. The molecule has 0 radical (unpaired) electrons. The molecule has 1 fully saturated rings. The molecule has 1 nitrogen and oxygen atoms in total. The van der Waals surface area contributed by atoms with Crippen molar-refractivity contribution in [1.29, 1.82) is 0 Å². The van der Waals surface area contributed by atoms with Gasteiger partial charge >= 0.3 is 0 Å². The molecule has 0 aromatic heterocycles. The molecule has 0 aromatic rings. The second-order valence-electron chi connectivity index (χ2n) is 5.15. The standard InChI is InChI=1S/C11H23IOSi/c1-10(7-8-12)13-11-6-4-5-9-14(11,2)3/h10-11H,4-9H2,1-3H3/t10-,11?/m1/s1. The molecular weight excluding hydrogens is 303 g/mol. The van der Waals surface area contributed by atoms with Crippen molar-refractivity contribution < 1.29 is 4.74 Å². The van der Waals surface area contributed by atoms with Crippen LogP contribution >= 0.6 is 22.6 Å². The van der Waals surface area contributed by atoms with E-state index in [1.807, 2.05) is 0 Å². The Kier molecular flexibility index (Phi) is 5.42. The molecule has 0 N–H and O–H groups in total. The van der Waals surface area contributed by atoms with Gasteiger partial charge in [0.1, 0.15) is 0 Å². The molecule has 0 bridgehead atoms. The van der Waals surface area contributed by atoms with Crippen LogP contribution in [0.25, 0.3) is 0 Å². The third kappa shape index (κ3) is 3.81. The molecule has 3 heteroatoms. The van der Waals surface area contributed by atoms with E-state index in [-0.39, 0.29) is 0 Å². The monoisotopic (exact) mass is 326 g/mol. The van der Waals surface area contributed by atoms with E-state index >= 15 is 0 Å². The SMILES string of the molecule is C[C@H](CCI)OC1CCCC[Si]1(C)C. The van der Waals surface area contributed by atoms with Gasteiger partial charge in [-0.1, -0.05) is 54.6 Å². The topological polar surface area (TPSA) is 9.23 Å². The minimum absolute atomic E-state index is 0.474. The molecule has 0 aliphatic carbocycles. The van der Waals surface area contributed by atoms with E-state index < -0.39 is 8.07 Å². The molecule has 84 valence electrons. The lowest BCUT2D eigenvalue weighted by Gasteiger charge is -2.38. The van der Waals surface area contributed by atoms with Gasteiger partial charge in [0.2, 0.25) is 0 Å². The molecule has 2 atom stereocenters. The van der Waals surface area contributed by atoms with Crippen LogP contribution in [0.1, 0.15) is 32.6 Å². The Hall–Kier alpha value is 0.907. The van der Waals surface area contributed by atoms with Crippen molar-refractivity contribution in [2.75, 3.05) is 4.43 Å². The van der Waals surface area contributed by atoms with Gasteiger partial charge < -0.3 is 4.74 Å². The van der Waals surface area contributed by atoms with Crippen molar-refractivity contribution in [3.63, 3.8) is 0 Å². The van der Waals surface area contributed by atoms with Crippen molar-refractivity contribution in [2.24, 2.45) is 0 Å². The van der Waals surface area contributed by atoms with Crippen molar-refractivity contribution in [3.8, 4) is 0 Å². The highest BCUT2D eigenvalue weighted by Crippen LogP contribution is 2.30. The first kappa shape index (κ1) is 13.0. The summed E-state index contributed by atoms with van der Waals surface area (Å²) >= 11 is 2.44. The Bertz CT molecular complexity index is 173. The summed E-state index contributed by atoms with van der Waals surface area (Å²) in [7, 11) is -1.04. The summed E-state index contributed by atoms with van der Waals surface area (Å²) < 4.78 is 7.42. The summed E-state index contributed by atoms with van der Waals surface area (Å²) in [5.74, 6) is 0. The van der Waals surface area contributed by atoms with Crippen LogP contribution in [-0.2, 0) is 4.74 Å². The number of alkyl halides is 1. The molecule has 1 aliphatic heterocycles. The first-order chi connectivity index (χ1) is 6.56. The highest BCUT2D eigenvalue weighted by atomic mass is 127. The minimum Gasteiger partial charge on any atom is -0.379 e. The van der Waals surface area contributed by atoms with Crippen molar-refractivity contribution >= 4 is 30.7 Å². The molecule has 14 heavy (non-hydrogen) atoms. The van der Waals surface area contributed by atoms with Crippen LogP contribution < -0.4 is 0 Å². The third-order valence-electron chi connectivity index (χ3n) is 3.32. The maximum atomic E-state index is 6.20. The van der Waals surface area contributed by atoms with Gasteiger partial charge in [0, 0.05) is 10.2 Å². The summed E-state index contributed by atoms with van der Waals surface area (Å²) in [4.78, 5) is 0. The Morgan fingerprint density at radius 2 is 2.14 bits per heavy atom. The van der Waals surface area contributed by atoms with Crippen LogP contribution in [0.3, 0.4) is 0 Å². The number of hydrogen-bond acceptors (Lipinski definition) is 1. The summed E-state index contributed by atoms with van der Waals surface area (Å²) in [5, 5.41) is 0. The van der Waals surface area contributed by atoms with E-state index in [1.54, 1.807) is 0 Å². The van der Waals surface area contributed by atoms with Gasteiger partial charge in [0.15, 0.2) is 0 Å². The number of halogens is 1. The smallest absolute Gasteiger partial charge is 0.0815 e. The van der Waals surface area contributed by atoms with Gasteiger partial charge in [-0.15, -0.1) is 0 Å². The van der Waals surface area contributed by atoms with E-state index in [9.17, 15) is 0 Å². The van der Waals surface area contributed by atoms with Crippen LogP contribution in [0.5, 0.6) is 0 Å². The normalized spacial score (nSPS) is 28.7.